The second-order valence-corrected chi connectivity index (χ2v) is 5.82. The molecule has 0 radical (unpaired) electrons. The smallest absolute Gasteiger partial charge is 0.271 e. The number of nitriles is 1. The van der Waals surface area contributed by atoms with Crippen molar-refractivity contribution in [3.8, 4) is 11.9 Å². The second kappa shape index (κ2) is 6.49. The van der Waals surface area contributed by atoms with Crippen LogP contribution in [0.5, 0.6) is 5.88 Å². The Morgan fingerprint density at radius 2 is 1.91 bits per heavy atom. The number of carbonyl (C=O) groups is 1. The topological polar surface area (TPSA) is 83.1 Å². The fourth-order valence-corrected chi connectivity index (χ4v) is 2.49. The zero-order valence-corrected chi connectivity index (χ0v) is 13.3. The summed E-state index contributed by atoms with van der Waals surface area (Å²) < 4.78 is 1.10. The lowest BCUT2D eigenvalue weighted by atomic mass is 9.97. The van der Waals surface area contributed by atoms with E-state index < -0.39 is 11.3 Å². The van der Waals surface area contributed by atoms with Crippen molar-refractivity contribution in [2.45, 2.75) is 27.3 Å². The van der Waals surface area contributed by atoms with Gasteiger partial charge in [-0.2, -0.15) is 5.26 Å². The number of aromatic nitrogens is 1. The van der Waals surface area contributed by atoms with Gasteiger partial charge in [-0.3, -0.25) is 14.2 Å². The number of pyridine rings is 1. The van der Waals surface area contributed by atoms with Gasteiger partial charge in [0, 0.05) is 12.1 Å². The van der Waals surface area contributed by atoms with Crippen LogP contribution in [0.25, 0.3) is 0 Å². The van der Waals surface area contributed by atoms with Crippen LogP contribution in [0.15, 0.2) is 35.1 Å². The Labute approximate surface area is 134 Å². The van der Waals surface area contributed by atoms with Crippen molar-refractivity contribution in [1.29, 1.82) is 5.26 Å². The van der Waals surface area contributed by atoms with E-state index in [0.717, 1.165) is 4.57 Å². The number of benzene rings is 1. The van der Waals surface area contributed by atoms with Crippen molar-refractivity contribution in [1.82, 2.24) is 4.57 Å². The Hall–Kier alpha value is -2.87. The lowest BCUT2D eigenvalue weighted by Gasteiger charge is -2.16. The molecule has 0 saturated carbocycles. The number of aromatic hydroxyl groups is 1. The Morgan fingerprint density at radius 1 is 1.30 bits per heavy atom. The summed E-state index contributed by atoms with van der Waals surface area (Å²) in [6.45, 7) is 5.51. The van der Waals surface area contributed by atoms with Gasteiger partial charge in [0.15, 0.2) is 5.78 Å². The van der Waals surface area contributed by atoms with Gasteiger partial charge in [-0.1, -0.05) is 44.2 Å². The van der Waals surface area contributed by atoms with Crippen LogP contribution in [-0.4, -0.2) is 15.5 Å². The maximum atomic E-state index is 12.7. The molecule has 0 bridgehead atoms. The molecular formula is C18H18N2O3. The minimum Gasteiger partial charge on any atom is -0.494 e. The molecule has 2 rings (SSSR count). The quantitative estimate of drug-likeness (QED) is 0.880. The third-order valence-electron chi connectivity index (χ3n) is 3.61. The Bertz CT molecular complexity index is 843. The third-order valence-corrected chi connectivity index (χ3v) is 3.61. The van der Waals surface area contributed by atoms with Crippen LogP contribution >= 0.6 is 0 Å². The van der Waals surface area contributed by atoms with Gasteiger partial charge in [-0.15, -0.1) is 0 Å². The molecule has 0 saturated heterocycles. The zero-order valence-electron chi connectivity index (χ0n) is 13.3. The Balaban J connectivity index is 2.76. The van der Waals surface area contributed by atoms with Gasteiger partial charge < -0.3 is 5.11 Å². The fourth-order valence-electron chi connectivity index (χ4n) is 2.49. The molecule has 0 aliphatic heterocycles. The number of ketones is 1. The minimum atomic E-state index is -0.569. The monoisotopic (exact) mass is 310 g/mol. The molecule has 0 amide bonds. The summed E-state index contributed by atoms with van der Waals surface area (Å²) in [5, 5.41) is 19.8. The van der Waals surface area contributed by atoms with E-state index in [1.807, 2.05) is 19.9 Å². The fraction of sp³-hybridized carbons (Fsp3) is 0.278. The van der Waals surface area contributed by atoms with Crippen LogP contribution in [0.3, 0.4) is 0 Å². The first kappa shape index (κ1) is 16.5. The lowest BCUT2D eigenvalue weighted by Crippen LogP contribution is -2.28. The van der Waals surface area contributed by atoms with Crippen molar-refractivity contribution in [2.24, 2.45) is 5.92 Å². The van der Waals surface area contributed by atoms with Crippen LogP contribution in [0.1, 0.15) is 40.9 Å². The summed E-state index contributed by atoms with van der Waals surface area (Å²) in [6.07, 6.45) is 0. The first-order valence-corrected chi connectivity index (χ1v) is 7.34. The summed E-state index contributed by atoms with van der Waals surface area (Å²) in [5.74, 6) is -0.712. The number of nitrogens with zero attached hydrogens (tertiary/aromatic N) is 2. The third kappa shape index (κ3) is 3.02. The summed E-state index contributed by atoms with van der Waals surface area (Å²) in [6, 6.07) is 10.3. The maximum absolute atomic E-state index is 12.7. The SMILES string of the molecule is Cc1c(C(=O)c2ccccc2)c(O)n(CC(C)C)c(=O)c1C#N. The molecule has 0 fully saturated rings. The standard InChI is InChI=1S/C18H18N2O3/c1-11(2)10-20-17(22)14(9-19)12(3)15(18(20)23)16(21)13-7-5-4-6-8-13/h4-8,11,23H,10H2,1-3H3. The van der Waals surface area contributed by atoms with Gasteiger partial charge in [0.25, 0.3) is 5.56 Å². The van der Waals surface area contributed by atoms with Gasteiger partial charge in [-0.05, 0) is 18.4 Å². The second-order valence-electron chi connectivity index (χ2n) is 5.82. The van der Waals surface area contributed by atoms with Gasteiger partial charge in [0.05, 0.1) is 5.56 Å². The van der Waals surface area contributed by atoms with Gasteiger partial charge in [0.1, 0.15) is 11.6 Å². The number of carbonyl (C=O) groups excluding carboxylic acids is 1. The molecule has 1 N–H and O–H groups in total. The van der Waals surface area contributed by atoms with E-state index in [2.05, 4.69) is 0 Å². The van der Waals surface area contributed by atoms with E-state index in [9.17, 15) is 20.0 Å². The van der Waals surface area contributed by atoms with Crippen LogP contribution in [0.4, 0.5) is 0 Å². The number of rotatable bonds is 4. The molecule has 0 aliphatic rings. The summed E-state index contributed by atoms with van der Waals surface area (Å²) in [5.41, 5.74) is -0.0649. The van der Waals surface area contributed by atoms with Gasteiger partial charge in [-0.25, -0.2) is 0 Å². The molecule has 5 heteroatoms. The van der Waals surface area contributed by atoms with Crippen molar-refractivity contribution >= 4 is 5.78 Å². The van der Waals surface area contributed by atoms with Crippen molar-refractivity contribution < 1.29 is 9.90 Å². The highest BCUT2D eigenvalue weighted by molar-refractivity contribution is 6.11. The molecule has 5 nitrogen and oxygen atoms in total. The maximum Gasteiger partial charge on any atom is 0.271 e. The highest BCUT2D eigenvalue weighted by Gasteiger charge is 2.24. The summed E-state index contributed by atoms with van der Waals surface area (Å²) in [7, 11) is 0. The van der Waals surface area contributed by atoms with Gasteiger partial charge >= 0.3 is 0 Å². The zero-order chi connectivity index (χ0) is 17.1. The molecule has 1 aromatic carbocycles. The summed E-state index contributed by atoms with van der Waals surface area (Å²) in [4.78, 5) is 25.1. The molecular weight excluding hydrogens is 292 g/mol. The predicted molar refractivity (Wildman–Crippen MR) is 86.5 cm³/mol. The van der Waals surface area contributed by atoms with Crippen LogP contribution < -0.4 is 5.56 Å². The normalized spacial score (nSPS) is 10.6. The number of hydrogen-bond donors (Lipinski definition) is 1. The van der Waals surface area contributed by atoms with E-state index in [0.29, 0.717) is 5.56 Å². The van der Waals surface area contributed by atoms with Crippen LogP contribution in [-0.2, 0) is 6.54 Å². The highest BCUT2D eigenvalue weighted by Crippen LogP contribution is 2.25. The average Bonchev–Trinajstić information content (AvgIpc) is 2.52. The molecule has 1 heterocycles. The van der Waals surface area contributed by atoms with Gasteiger partial charge in [0.2, 0.25) is 5.88 Å². The highest BCUT2D eigenvalue weighted by atomic mass is 16.3. The molecule has 1 aromatic heterocycles. The Morgan fingerprint density at radius 3 is 2.43 bits per heavy atom. The van der Waals surface area contributed by atoms with E-state index in [4.69, 9.17) is 0 Å². The van der Waals surface area contributed by atoms with E-state index in [1.54, 1.807) is 30.3 Å². The minimum absolute atomic E-state index is 0.00741. The van der Waals surface area contributed by atoms with Crippen LogP contribution in [0, 0.1) is 24.2 Å². The molecule has 0 aliphatic carbocycles. The largest absolute Gasteiger partial charge is 0.494 e. The van der Waals surface area contributed by atoms with E-state index in [1.165, 1.54) is 6.92 Å². The molecule has 0 unspecified atom stereocenters. The van der Waals surface area contributed by atoms with Crippen molar-refractivity contribution in [2.75, 3.05) is 0 Å². The lowest BCUT2D eigenvalue weighted by molar-refractivity contribution is 0.103. The predicted octanol–water partition coefficient (Wildman–Crippen LogP) is 2.62. The average molecular weight is 310 g/mol. The molecule has 23 heavy (non-hydrogen) atoms. The first-order valence-electron chi connectivity index (χ1n) is 7.34. The molecule has 0 atom stereocenters. The van der Waals surface area contributed by atoms with E-state index >= 15 is 0 Å². The Kier molecular flexibility index (Phi) is 4.65. The first-order chi connectivity index (χ1) is 10.9. The van der Waals surface area contributed by atoms with Crippen molar-refractivity contribution in [3.63, 3.8) is 0 Å². The summed E-state index contributed by atoms with van der Waals surface area (Å²) >= 11 is 0. The molecule has 0 spiro atoms. The van der Waals surface area contributed by atoms with Crippen LogP contribution in [0.2, 0.25) is 0 Å². The number of hydrogen-bond acceptors (Lipinski definition) is 4. The molecule has 2 aromatic rings. The van der Waals surface area contributed by atoms with Crippen molar-refractivity contribution in [3.05, 3.63) is 62.9 Å². The molecule has 118 valence electrons. The van der Waals surface area contributed by atoms with E-state index in [-0.39, 0.29) is 35.0 Å².